The highest BCUT2D eigenvalue weighted by molar-refractivity contribution is 7.90. The highest BCUT2D eigenvalue weighted by Crippen LogP contribution is 2.10. The van der Waals surface area contributed by atoms with Gasteiger partial charge in [0.25, 0.3) is 0 Å². The van der Waals surface area contributed by atoms with Crippen molar-refractivity contribution in [2.24, 2.45) is 0 Å². The average molecular weight is 240 g/mol. The standard InChI is InChI=1S/C11H12O4S/c1-2-6-16(14,15)8-9-4-3-5-10(7-9)11(12)13/h2-5,7H,1,6,8H2,(H,12,13). The maximum atomic E-state index is 11.5. The van der Waals surface area contributed by atoms with Crippen molar-refractivity contribution in [3.05, 3.63) is 48.0 Å². The Morgan fingerprint density at radius 2 is 2.12 bits per heavy atom. The summed E-state index contributed by atoms with van der Waals surface area (Å²) in [5.41, 5.74) is 0.563. The quantitative estimate of drug-likeness (QED) is 0.791. The van der Waals surface area contributed by atoms with E-state index in [9.17, 15) is 13.2 Å². The van der Waals surface area contributed by atoms with E-state index < -0.39 is 15.8 Å². The summed E-state index contributed by atoms with van der Waals surface area (Å²) in [6.07, 6.45) is 1.32. The molecular weight excluding hydrogens is 228 g/mol. The van der Waals surface area contributed by atoms with E-state index in [1.54, 1.807) is 6.07 Å². The van der Waals surface area contributed by atoms with Gasteiger partial charge in [0.05, 0.1) is 17.1 Å². The van der Waals surface area contributed by atoms with Crippen LogP contribution in [0.5, 0.6) is 0 Å². The van der Waals surface area contributed by atoms with Crippen molar-refractivity contribution in [1.82, 2.24) is 0 Å². The molecule has 0 atom stereocenters. The molecule has 16 heavy (non-hydrogen) atoms. The van der Waals surface area contributed by atoms with Crippen molar-refractivity contribution in [2.75, 3.05) is 5.75 Å². The number of carbonyl (C=O) groups is 1. The fraction of sp³-hybridized carbons (Fsp3) is 0.182. The van der Waals surface area contributed by atoms with E-state index in [-0.39, 0.29) is 17.1 Å². The Bertz CT molecular complexity index is 502. The van der Waals surface area contributed by atoms with Gasteiger partial charge in [0.1, 0.15) is 0 Å². The summed E-state index contributed by atoms with van der Waals surface area (Å²) in [6.45, 7) is 3.36. The number of aromatic carboxylic acids is 1. The van der Waals surface area contributed by atoms with Gasteiger partial charge in [0, 0.05) is 0 Å². The summed E-state index contributed by atoms with van der Waals surface area (Å²) < 4.78 is 22.9. The molecule has 0 amide bonds. The molecule has 0 spiro atoms. The van der Waals surface area contributed by atoms with Crippen molar-refractivity contribution in [2.45, 2.75) is 5.75 Å². The Morgan fingerprint density at radius 3 is 2.69 bits per heavy atom. The smallest absolute Gasteiger partial charge is 0.335 e. The molecule has 5 heteroatoms. The lowest BCUT2D eigenvalue weighted by Gasteiger charge is -2.02. The molecule has 1 rings (SSSR count). The second kappa shape index (κ2) is 4.94. The minimum atomic E-state index is -3.24. The molecular formula is C11H12O4S. The third-order valence-corrected chi connectivity index (χ3v) is 3.45. The average Bonchev–Trinajstić information content (AvgIpc) is 2.17. The fourth-order valence-corrected chi connectivity index (χ4v) is 2.45. The van der Waals surface area contributed by atoms with Crippen LogP contribution in [0.25, 0.3) is 0 Å². The number of carboxylic acid groups (broad SMARTS) is 1. The molecule has 0 fully saturated rings. The second-order valence-corrected chi connectivity index (χ2v) is 5.46. The van der Waals surface area contributed by atoms with Crippen molar-refractivity contribution in [3.8, 4) is 0 Å². The Kier molecular flexibility index (Phi) is 3.84. The van der Waals surface area contributed by atoms with Crippen LogP contribution in [-0.4, -0.2) is 25.2 Å². The van der Waals surface area contributed by atoms with Gasteiger partial charge in [-0.1, -0.05) is 18.2 Å². The molecule has 0 aliphatic carbocycles. The first-order valence-corrected chi connectivity index (χ1v) is 6.40. The molecule has 0 radical (unpaired) electrons. The van der Waals surface area contributed by atoms with Crippen LogP contribution >= 0.6 is 0 Å². The first-order chi connectivity index (χ1) is 7.44. The first kappa shape index (κ1) is 12.4. The molecule has 0 heterocycles. The Morgan fingerprint density at radius 1 is 1.44 bits per heavy atom. The molecule has 1 aromatic rings. The van der Waals surface area contributed by atoms with Gasteiger partial charge in [0.2, 0.25) is 0 Å². The van der Waals surface area contributed by atoms with Crippen LogP contribution in [0.3, 0.4) is 0 Å². The zero-order valence-electron chi connectivity index (χ0n) is 8.59. The zero-order valence-corrected chi connectivity index (χ0v) is 9.40. The number of sulfone groups is 1. The predicted octanol–water partition coefficient (Wildman–Crippen LogP) is 1.49. The lowest BCUT2D eigenvalue weighted by Crippen LogP contribution is -2.08. The van der Waals surface area contributed by atoms with E-state index in [2.05, 4.69) is 6.58 Å². The number of benzene rings is 1. The van der Waals surface area contributed by atoms with Gasteiger partial charge in [-0.3, -0.25) is 0 Å². The van der Waals surface area contributed by atoms with E-state index in [1.807, 2.05) is 0 Å². The van der Waals surface area contributed by atoms with Crippen LogP contribution in [0.15, 0.2) is 36.9 Å². The molecule has 0 bridgehead atoms. The highest BCUT2D eigenvalue weighted by Gasteiger charge is 2.11. The Labute approximate surface area is 94.1 Å². The monoisotopic (exact) mass is 240 g/mol. The normalized spacial score (nSPS) is 11.0. The van der Waals surface area contributed by atoms with Crippen molar-refractivity contribution >= 4 is 15.8 Å². The van der Waals surface area contributed by atoms with Crippen LogP contribution in [0.1, 0.15) is 15.9 Å². The Hall–Kier alpha value is -1.62. The van der Waals surface area contributed by atoms with Crippen LogP contribution in [0.4, 0.5) is 0 Å². The summed E-state index contributed by atoms with van der Waals surface area (Å²) in [5, 5.41) is 8.75. The van der Waals surface area contributed by atoms with Gasteiger partial charge < -0.3 is 5.11 Å². The third kappa shape index (κ3) is 3.51. The lowest BCUT2D eigenvalue weighted by atomic mass is 10.1. The van der Waals surface area contributed by atoms with Crippen LogP contribution < -0.4 is 0 Å². The minimum absolute atomic E-state index is 0.0892. The largest absolute Gasteiger partial charge is 0.478 e. The molecule has 0 saturated heterocycles. The molecule has 0 aliphatic heterocycles. The minimum Gasteiger partial charge on any atom is -0.478 e. The maximum absolute atomic E-state index is 11.5. The van der Waals surface area contributed by atoms with E-state index >= 15 is 0 Å². The van der Waals surface area contributed by atoms with Crippen LogP contribution in [0.2, 0.25) is 0 Å². The first-order valence-electron chi connectivity index (χ1n) is 4.58. The van der Waals surface area contributed by atoms with Crippen molar-refractivity contribution in [3.63, 3.8) is 0 Å². The lowest BCUT2D eigenvalue weighted by molar-refractivity contribution is 0.0696. The van der Waals surface area contributed by atoms with E-state index in [0.29, 0.717) is 5.56 Å². The SMILES string of the molecule is C=CCS(=O)(=O)Cc1cccc(C(=O)O)c1. The summed E-state index contributed by atoms with van der Waals surface area (Å²) in [4.78, 5) is 10.7. The van der Waals surface area contributed by atoms with E-state index in [1.165, 1.54) is 24.3 Å². The number of carboxylic acids is 1. The van der Waals surface area contributed by atoms with Gasteiger partial charge in [-0.2, -0.15) is 0 Å². The Balaban J connectivity index is 2.94. The summed E-state index contributed by atoms with van der Waals surface area (Å²) in [7, 11) is -3.24. The second-order valence-electron chi connectivity index (χ2n) is 3.35. The summed E-state index contributed by atoms with van der Waals surface area (Å²) >= 11 is 0. The molecule has 4 nitrogen and oxygen atoms in total. The third-order valence-electron chi connectivity index (χ3n) is 1.93. The van der Waals surface area contributed by atoms with E-state index in [4.69, 9.17) is 5.11 Å². The van der Waals surface area contributed by atoms with Gasteiger partial charge in [-0.15, -0.1) is 6.58 Å². The fourth-order valence-electron chi connectivity index (χ4n) is 1.29. The van der Waals surface area contributed by atoms with Gasteiger partial charge >= 0.3 is 5.97 Å². The van der Waals surface area contributed by atoms with Crippen LogP contribution in [-0.2, 0) is 15.6 Å². The van der Waals surface area contributed by atoms with Crippen molar-refractivity contribution in [1.29, 1.82) is 0 Å². The zero-order chi connectivity index (χ0) is 12.2. The highest BCUT2D eigenvalue weighted by atomic mass is 32.2. The topological polar surface area (TPSA) is 71.4 Å². The predicted molar refractivity (Wildman–Crippen MR) is 61.1 cm³/mol. The maximum Gasteiger partial charge on any atom is 0.335 e. The van der Waals surface area contributed by atoms with Gasteiger partial charge in [-0.05, 0) is 17.7 Å². The van der Waals surface area contributed by atoms with Crippen LogP contribution in [0, 0.1) is 0 Å². The molecule has 0 aromatic heterocycles. The summed E-state index contributed by atoms with van der Waals surface area (Å²) in [5.74, 6) is -1.34. The number of hydrogen-bond acceptors (Lipinski definition) is 3. The molecule has 0 saturated carbocycles. The van der Waals surface area contributed by atoms with E-state index in [0.717, 1.165) is 0 Å². The molecule has 0 aliphatic rings. The molecule has 86 valence electrons. The summed E-state index contributed by atoms with van der Waals surface area (Å²) in [6, 6.07) is 5.91. The number of hydrogen-bond donors (Lipinski definition) is 1. The molecule has 1 aromatic carbocycles. The van der Waals surface area contributed by atoms with Gasteiger partial charge in [0.15, 0.2) is 9.84 Å². The van der Waals surface area contributed by atoms with Crippen molar-refractivity contribution < 1.29 is 18.3 Å². The van der Waals surface area contributed by atoms with Gasteiger partial charge in [-0.25, -0.2) is 13.2 Å². The number of rotatable bonds is 5. The molecule has 0 unspecified atom stereocenters. The molecule has 1 N–H and O–H groups in total.